The maximum Gasteiger partial charge on any atom is 0.317 e. The molecule has 0 saturated heterocycles. The Morgan fingerprint density at radius 2 is 1.79 bits per heavy atom. The highest BCUT2D eigenvalue weighted by Crippen LogP contribution is 2.22. The van der Waals surface area contributed by atoms with Gasteiger partial charge in [-0.05, 0) is 5.56 Å². The smallest absolute Gasteiger partial charge is 0.317 e. The second kappa shape index (κ2) is 7.59. The summed E-state index contributed by atoms with van der Waals surface area (Å²) in [7, 11) is -3.31. The third-order valence-electron chi connectivity index (χ3n) is 4.36. The molecule has 29 heavy (non-hydrogen) atoms. The predicted octanol–water partition coefficient (Wildman–Crippen LogP) is 2.01. The highest BCUT2D eigenvalue weighted by molar-refractivity contribution is 7.89. The summed E-state index contributed by atoms with van der Waals surface area (Å²) in [5.74, 6) is -0.581. The maximum absolute atomic E-state index is 12.8. The fourth-order valence-corrected chi connectivity index (χ4v) is 3.68. The zero-order chi connectivity index (χ0) is 20.4. The zero-order valence-electron chi connectivity index (χ0n) is 15.6. The van der Waals surface area contributed by atoms with Crippen molar-refractivity contribution in [1.29, 1.82) is 0 Å². The van der Waals surface area contributed by atoms with E-state index in [9.17, 15) is 13.2 Å². The molecule has 1 unspecified atom stereocenters. The molecule has 2 aromatic carbocycles. The molecular formula is C20H18N4O4S. The van der Waals surface area contributed by atoms with Gasteiger partial charge in [0.2, 0.25) is 5.89 Å². The number of Topliss-reactive ketones (excluding diaryl/α,β-unsaturated/α-hetero) is 1. The number of aromatic nitrogens is 2. The van der Waals surface area contributed by atoms with Crippen LogP contribution in [0.15, 0.2) is 64.0 Å². The first-order valence-corrected chi connectivity index (χ1v) is 11.0. The zero-order valence-corrected chi connectivity index (χ0v) is 16.4. The number of rotatable bonds is 5. The number of fused-ring (bicyclic) bond motifs is 1. The van der Waals surface area contributed by atoms with Crippen molar-refractivity contribution in [2.75, 3.05) is 11.6 Å². The molecule has 2 heterocycles. The average molecular weight is 410 g/mol. The van der Waals surface area contributed by atoms with Crippen molar-refractivity contribution < 1.29 is 17.6 Å². The molecular weight excluding hydrogens is 392 g/mol. The van der Waals surface area contributed by atoms with E-state index in [0.717, 1.165) is 22.9 Å². The van der Waals surface area contributed by atoms with Gasteiger partial charge in [0, 0.05) is 23.8 Å². The van der Waals surface area contributed by atoms with Crippen LogP contribution in [-0.2, 0) is 26.8 Å². The lowest BCUT2D eigenvalue weighted by atomic mass is 9.96. The Morgan fingerprint density at radius 1 is 1.07 bits per heavy atom. The number of sulfone groups is 1. The Bertz CT molecular complexity index is 1190. The number of benzene rings is 2. The van der Waals surface area contributed by atoms with E-state index >= 15 is 0 Å². The third-order valence-corrected chi connectivity index (χ3v) is 5.13. The van der Waals surface area contributed by atoms with Crippen LogP contribution < -0.4 is 5.32 Å². The SMILES string of the molecule is CS(=O)(=O)Cc1nnc(NC2N=C(c3ccccc3)c3ccccc3CC2=O)o1. The van der Waals surface area contributed by atoms with E-state index in [2.05, 4.69) is 20.5 Å². The molecule has 1 aliphatic heterocycles. The van der Waals surface area contributed by atoms with Crippen molar-refractivity contribution in [1.82, 2.24) is 10.2 Å². The fraction of sp³-hybridized carbons (Fsp3) is 0.200. The van der Waals surface area contributed by atoms with Crippen molar-refractivity contribution >= 4 is 27.3 Å². The molecule has 1 aromatic heterocycles. The predicted molar refractivity (Wildman–Crippen MR) is 107 cm³/mol. The van der Waals surface area contributed by atoms with Crippen molar-refractivity contribution in [2.24, 2.45) is 4.99 Å². The Labute approximate surface area is 167 Å². The number of anilines is 1. The Morgan fingerprint density at radius 3 is 2.55 bits per heavy atom. The lowest BCUT2D eigenvalue weighted by Crippen LogP contribution is -2.29. The summed E-state index contributed by atoms with van der Waals surface area (Å²) >= 11 is 0. The van der Waals surface area contributed by atoms with Crippen LogP contribution in [0, 0.1) is 0 Å². The van der Waals surface area contributed by atoms with Gasteiger partial charge in [0.15, 0.2) is 21.8 Å². The molecule has 9 heteroatoms. The molecule has 3 aromatic rings. The molecule has 0 bridgehead atoms. The van der Waals surface area contributed by atoms with Gasteiger partial charge in [-0.2, -0.15) is 0 Å². The van der Waals surface area contributed by atoms with Gasteiger partial charge in [0.1, 0.15) is 5.75 Å². The Hall–Kier alpha value is -3.33. The second-order valence-electron chi connectivity index (χ2n) is 6.76. The Balaban J connectivity index is 1.70. The van der Waals surface area contributed by atoms with Crippen molar-refractivity contribution in [3.63, 3.8) is 0 Å². The molecule has 1 N–H and O–H groups in total. The molecule has 0 aliphatic carbocycles. The first-order chi connectivity index (χ1) is 13.9. The summed E-state index contributed by atoms with van der Waals surface area (Å²) < 4.78 is 28.1. The van der Waals surface area contributed by atoms with Crippen LogP contribution in [0.2, 0.25) is 0 Å². The van der Waals surface area contributed by atoms with E-state index in [1.165, 1.54) is 0 Å². The molecule has 0 saturated carbocycles. The number of carbonyl (C=O) groups is 1. The first-order valence-electron chi connectivity index (χ1n) is 8.90. The summed E-state index contributed by atoms with van der Waals surface area (Å²) in [6, 6.07) is 17.2. The number of nitrogens with one attached hydrogen (secondary N) is 1. The van der Waals surface area contributed by atoms with Gasteiger partial charge in [-0.3, -0.25) is 9.79 Å². The lowest BCUT2D eigenvalue weighted by Gasteiger charge is -2.11. The van der Waals surface area contributed by atoms with Gasteiger partial charge in [-0.1, -0.05) is 59.7 Å². The molecule has 4 rings (SSSR count). The fourth-order valence-electron chi connectivity index (χ4n) is 3.11. The second-order valence-corrected chi connectivity index (χ2v) is 8.90. The van der Waals surface area contributed by atoms with Crippen LogP contribution >= 0.6 is 0 Å². The molecule has 0 amide bonds. The van der Waals surface area contributed by atoms with Crippen LogP contribution in [0.25, 0.3) is 0 Å². The highest BCUT2D eigenvalue weighted by Gasteiger charge is 2.27. The maximum atomic E-state index is 12.8. The molecule has 1 aliphatic rings. The van der Waals surface area contributed by atoms with Gasteiger partial charge in [-0.15, -0.1) is 5.10 Å². The molecule has 1 atom stereocenters. The van der Waals surface area contributed by atoms with E-state index in [0.29, 0.717) is 5.71 Å². The van der Waals surface area contributed by atoms with E-state index in [-0.39, 0.29) is 29.9 Å². The number of carbonyl (C=O) groups excluding carboxylic acids is 1. The summed E-state index contributed by atoms with van der Waals surface area (Å²) in [5, 5.41) is 10.3. The van der Waals surface area contributed by atoms with Crippen molar-refractivity contribution in [3.05, 3.63) is 77.2 Å². The van der Waals surface area contributed by atoms with Gasteiger partial charge in [0.25, 0.3) is 0 Å². The molecule has 8 nitrogen and oxygen atoms in total. The van der Waals surface area contributed by atoms with Crippen LogP contribution in [-0.4, -0.2) is 42.5 Å². The van der Waals surface area contributed by atoms with E-state index in [4.69, 9.17) is 4.42 Å². The number of nitrogens with zero attached hydrogens (tertiary/aromatic N) is 3. The summed E-state index contributed by atoms with van der Waals surface area (Å²) in [4.78, 5) is 17.5. The minimum absolute atomic E-state index is 0.0494. The van der Waals surface area contributed by atoms with Gasteiger partial charge >= 0.3 is 6.01 Å². The van der Waals surface area contributed by atoms with Crippen LogP contribution in [0.1, 0.15) is 22.6 Å². The quantitative estimate of drug-likeness (QED) is 0.684. The minimum atomic E-state index is -3.31. The van der Waals surface area contributed by atoms with E-state index < -0.39 is 16.0 Å². The molecule has 0 radical (unpaired) electrons. The highest BCUT2D eigenvalue weighted by atomic mass is 32.2. The van der Waals surface area contributed by atoms with Crippen molar-refractivity contribution in [3.8, 4) is 0 Å². The lowest BCUT2D eigenvalue weighted by molar-refractivity contribution is -0.119. The van der Waals surface area contributed by atoms with Crippen LogP contribution in [0.4, 0.5) is 6.01 Å². The van der Waals surface area contributed by atoms with Crippen molar-refractivity contribution in [2.45, 2.75) is 18.3 Å². The number of hydrogen-bond donors (Lipinski definition) is 1. The normalized spacial score (nSPS) is 16.7. The van der Waals surface area contributed by atoms with Gasteiger partial charge < -0.3 is 9.73 Å². The van der Waals surface area contributed by atoms with Gasteiger partial charge in [0.05, 0.1) is 5.71 Å². The topological polar surface area (TPSA) is 115 Å². The number of ketones is 1. The molecule has 0 spiro atoms. The van der Waals surface area contributed by atoms with E-state index in [1.807, 2.05) is 54.6 Å². The summed E-state index contributed by atoms with van der Waals surface area (Å²) in [6.07, 6.45) is 0.328. The van der Waals surface area contributed by atoms with E-state index in [1.54, 1.807) is 0 Å². The van der Waals surface area contributed by atoms with Crippen LogP contribution in [0.5, 0.6) is 0 Å². The monoisotopic (exact) mass is 410 g/mol. The first kappa shape index (κ1) is 19.0. The number of hydrogen-bond acceptors (Lipinski definition) is 8. The molecule has 148 valence electrons. The standard InChI is InChI=1S/C20H18N4O4S/c1-29(26,27)12-17-23-24-20(28-17)22-19-16(25)11-14-9-5-6-10-15(14)18(21-19)13-7-3-2-4-8-13/h2-10,19H,11-12H2,1H3,(H,22,24). The van der Waals surface area contributed by atoms with Crippen LogP contribution in [0.3, 0.4) is 0 Å². The third kappa shape index (κ3) is 4.40. The molecule has 0 fully saturated rings. The number of aliphatic imine (C=N–C) groups is 1. The Kier molecular flexibility index (Phi) is 4.98. The summed E-state index contributed by atoms with van der Waals surface area (Å²) in [5.41, 5.74) is 3.33. The minimum Gasteiger partial charge on any atom is -0.407 e. The average Bonchev–Trinajstić information content (AvgIpc) is 3.05. The summed E-state index contributed by atoms with van der Waals surface area (Å²) in [6.45, 7) is 0. The van der Waals surface area contributed by atoms with Gasteiger partial charge in [-0.25, -0.2) is 8.42 Å². The largest absolute Gasteiger partial charge is 0.407 e.